The summed E-state index contributed by atoms with van der Waals surface area (Å²) in [6, 6.07) is 2.27. The Bertz CT molecular complexity index is 524. The lowest BCUT2D eigenvalue weighted by molar-refractivity contribution is -0.402. The summed E-state index contributed by atoms with van der Waals surface area (Å²) in [5.41, 5.74) is 0. The number of nitrogens with zero attached hydrogens (tertiary/aromatic N) is 2. The van der Waals surface area contributed by atoms with Gasteiger partial charge >= 0.3 is 5.88 Å². The second-order valence-electron chi connectivity index (χ2n) is 4.26. The third-order valence-electron chi connectivity index (χ3n) is 3.00. The molecule has 1 aromatic rings. The quantitative estimate of drug-likeness (QED) is 0.481. The zero-order chi connectivity index (χ0) is 14.0. The van der Waals surface area contributed by atoms with Crippen LogP contribution in [0.15, 0.2) is 16.5 Å². The molecule has 102 valence electrons. The molecule has 1 saturated heterocycles. The lowest BCUT2D eigenvalue weighted by atomic mass is 10.0. The van der Waals surface area contributed by atoms with E-state index in [9.17, 15) is 19.7 Å². The van der Waals surface area contributed by atoms with E-state index in [0.717, 1.165) is 4.90 Å². The van der Waals surface area contributed by atoms with Gasteiger partial charge < -0.3 is 4.42 Å². The maximum Gasteiger partial charge on any atom is 0.433 e. The average Bonchev–Trinajstić information content (AvgIpc) is 2.84. The molecule has 2 heterocycles. The predicted molar refractivity (Wildman–Crippen MR) is 63.0 cm³/mol. The summed E-state index contributed by atoms with van der Waals surface area (Å²) >= 11 is 0. The van der Waals surface area contributed by atoms with Gasteiger partial charge in [0.15, 0.2) is 0 Å². The summed E-state index contributed by atoms with van der Waals surface area (Å²) in [5, 5.41) is 13.4. The first-order chi connectivity index (χ1) is 8.99. The summed E-state index contributed by atoms with van der Waals surface area (Å²) in [4.78, 5) is 34.0. The first-order valence-corrected chi connectivity index (χ1v) is 5.76. The smallest absolute Gasteiger partial charge is 0.404 e. The number of imide groups is 1. The monoisotopic (exact) mass is 267 g/mol. The van der Waals surface area contributed by atoms with Gasteiger partial charge in [-0.05, 0) is 12.5 Å². The lowest BCUT2D eigenvalue weighted by Gasteiger charge is -2.27. The van der Waals surface area contributed by atoms with Crippen molar-refractivity contribution in [2.75, 3.05) is 7.05 Å². The van der Waals surface area contributed by atoms with E-state index >= 15 is 0 Å². The van der Waals surface area contributed by atoms with Gasteiger partial charge in [-0.2, -0.15) is 0 Å². The van der Waals surface area contributed by atoms with Crippen LogP contribution < -0.4 is 5.32 Å². The molecule has 1 N–H and O–H groups in total. The molecule has 1 aliphatic rings. The second-order valence-corrected chi connectivity index (χ2v) is 4.26. The zero-order valence-electron chi connectivity index (χ0n) is 10.3. The lowest BCUT2D eigenvalue weighted by Crippen LogP contribution is -2.51. The second kappa shape index (κ2) is 5.19. The molecular formula is C11H13N3O5. The van der Waals surface area contributed by atoms with Gasteiger partial charge in [0.05, 0.1) is 18.7 Å². The molecule has 0 spiro atoms. The van der Waals surface area contributed by atoms with Gasteiger partial charge in [-0.15, -0.1) is 0 Å². The fourth-order valence-electron chi connectivity index (χ4n) is 1.89. The van der Waals surface area contributed by atoms with Crippen molar-refractivity contribution in [3.8, 4) is 0 Å². The normalized spacial score (nSPS) is 19.8. The highest BCUT2D eigenvalue weighted by Crippen LogP contribution is 2.17. The van der Waals surface area contributed by atoms with Crippen molar-refractivity contribution < 1.29 is 18.9 Å². The highest BCUT2D eigenvalue weighted by atomic mass is 16.6. The predicted octanol–water partition coefficient (Wildman–Crippen LogP) is 0.425. The number of likely N-dealkylation sites (N-methyl/N-ethyl adjacent to an activating group) is 1. The fraction of sp³-hybridized carbons (Fsp3) is 0.455. The third kappa shape index (κ3) is 2.79. The number of carbonyl (C=O) groups excluding carboxylic acids is 2. The minimum atomic E-state index is -0.623. The first kappa shape index (κ1) is 13.2. The molecule has 2 amide bonds. The molecule has 0 aromatic carbocycles. The van der Waals surface area contributed by atoms with Gasteiger partial charge in [-0.1, -0.05) is 0 Å². The molecule has 0 bridgehead atoms. The van der Waals surface area contributed by atoms with E-state index in [-0.39, 0.29) is 24.2 Å². The minimum absolute atomic E-state index is 0.198. The molecule has 8 nitrogen and oxygen atoms in total. The number of furan rings is 1. The molecular weight excluding hydrogens is 254 g/mol. The molecule has 0 saturated carbocycles. The van der Waals surface area contributed by atoms with Crippen LogP contribution in [0.4, 0.5) is 5.88 Å². The van der Waals surface area contributed by atoms with Crippen molar-refractivity contribution >= 4 is 17.7 Å². The number of nitro groups is 1. The number of nitrogens with one attached hydrogen (secondary N) is 1. The number of carbonyl (C=O) groups is 2. The van der Waals surface area contributed by atoms with Crippen molar-refractivity contribution in [1.29, 1.82) is 0 Å². The SMILES string of the molecule is CN1C(=O)CCC(NCc2ccc([N+](=O)[O-])o2)C1=O. The first-order valence-electron chi connectivity index (χ1n) is 5.76. The number of hydrogen-bond donors (Lipinski definition) is 1. The van der Waals surface area contributed by atoms with E-state index in [2.05, 4.69) is 5.32 Å². The van der Waals surface area contributed by atoms with Crippen LogP contribution in [0, 0.1) is 10.1 Å². The number of rotatable bonds is 4. The molecule has 1 unspecified atom stereocenters. The molecule has 1 aromatic heterocycles. The Morgan fingerprint density at radius 3 is 2.89 bits per heavy atom. The molecule has 1 atom stereocenters. The van der Waals surface area contributed by atoms with Crippen molar-refractivity contribution in [2.24, 2.45) is 0 Å². The van der Waals surface area contributed by atoms with Crippen LogP contribution in [-0.4, -0.2) is 34.7 Å². The van der Waals surface area contributed by atoms with E-state index < -0.39 is 11.0 Å². The fourth-order valence-corrected chi connectivity index (χ4v) is 1.89. The average molecular weight is 267 g/mol. The zero-order valence-corrected chi connectivity index (χ0v) is 10.3. The summed E-state index contributed by atoms with van der Waals surface area (Å²) in [7, 11) is 1.44. The summed E-state index contributed by atoms with van der Waals surface area (Å²) in [5.74, 6) is -0.452. The Morgan fingerprint density at radius 1 is 1.53 bits per heavy atom. The highest BCUT2D eigenvalue weighted by molar-refractivity contribution is 6.00. The third-order valence-corrected chi connectivity index (χ3v) is 3.00. The number of piperidine rings is 1. The Morgan fingerprint density at radius 2 is 2.26 bits per heavy atom. The van der Waals surface area contributed by atoms with Crippen molar-refractivity contribution in [3.63, 3.8) is 0 Å². The van der Waals surface area contributed by atoms with Crippen molar-refractivity contribution in [3.05, 3.63) is 28.0 Å². The van der Waals surface area contributed by atoms with Crippen LogP contribution >= 0.6 is 0 Å². The van der Waals surface area contributed by atoms with Crippen molar-refractivity contribution in [2.45, 2.75) is 25.4 Å². The van der Waals surface area contributed by atoms with E-state index in [1.807, 2.05) is 0 Å². The Balaban J connectivity index is 1.93. The van der Waals surface area contributed by atoms with Gasteiger partial charge in [0, 0.05) is 13.5 Å². The Labute approximate surface area is 108 Å². The summed E-state index contributed by atoms with van der Waals surface area (Å²) in [6.45, 7) is 0.201. The molecule has 1 aliphatic heterocycles. The molecule has 0 aliphatic carbocycles. The van der Waals surface area contributed by atoms with E-state index in [4.69, 9.17) is 4.42 Å². The van der Waals surface area contributed by atoms with Gasteiger partial charge in [0.25, 0.3) is 0 Å². The highest BCUT2D eigenvalue weighted by Gasteiger charge is 2.31. The number of amides is 2. The van der Waals surface area contributed by atoms with Crippen LogP contribution in [0.3, 0.4) is 0 Å². The summed E-state index contributed by atoms with van der Waals surface area (Å²) in [6.07, 6.45) is 0.725. The van der Waals surface area contributed by atoms with E-state index in [0.29, 0.717) is 18.6 Å². The number of likely N-dealkylation sites (tertiary alicyclic amines) is 1. The molecule has 8 heteroatoms. The Kier molecular flexibility index (Phi) is 3.61. The minimum Gasteiger partial charge on any atom is -0.404 e. The molecule has 2 rings (SSSR count). The maximum absolute atomic E-state index is 11.8. The standard InChI is InChI=1S/C11H13N3O5/c1-13-9(15)4-3-8(11(13)16)12-6-7-2-5-10(19-7)14(17)18/h2,5,8,12H,3-4,6H2,1H3. The van der Waals surface area contributed by atoms with Crippen molar-refractivity contribution in [1.82, 2.24) is 10.2 Å². The Hall–Kier alpha value is -2.22. The van der Waals surface area contributed by atoms with Gasteiger partial charge in [0.2, 0.25) is 11.8 Å². The van der Waals surface area contributed by atoms with Crippen LogP contribution in [0.25, 0.3) is 0 Å². The molecule has 1 fully saturated rings. The topological polar surface area (TPSA) is 106 Å². The summed E-state index contributed by atoms with van der Waals surface area (Å²) < 4.78 is 4.97. The number of hydrogen-bond acceptors (Lipinski definition) is 6. The largest absolute Gasteiger partial charge is 0.433 e. The maximum atomic E-state index is 11.8. The van der Waals surface area contributed by atoms with Crippen LogP contribution in [0.1, 0.15) is 18.6 Å². The van der Waals surface area contributed by atoms with Crippen LogP contribution in [0.2, 0.25) is 0 Å². The van der Waals surface area contributed by atoms with Gasteiger partial charge in [-0.25, -0.2) is 0 Å². The van der Waals surface area contributed by atoms with Crippen LogP contribution in [0.5, 0.6) is 0 Å². The van der Waals surface area contributed by atoms with E-state index in [1.54, 1.807) is 0 Å². The van der Waals surface area contributed by atoms with Gasteiger partial charge in [0.1, 0.15) is 10.7 Å². The molecule has 19 heavy (non-hydrogen) atoms. The molecule has 0 radical (unpaired) electrons. The van der Waals surface area contributed by atoms with E-state index in [1.165, 1.54) is 19.2 Å². The van der Waals surface area contributed by atoms with Crippen LogP contribution in [-0.2, 0) is 16.1 Å². The van der Waals surface area contributed by atoms with Gasteiger partial charge in [-0.3, -0.25) is 29.9 Å².